The lowest BCUT2D eigenvalue weighted by Crippen LogP contribution is -2.41. The average Bonchev–Trinajstić information content (AvgIpc) is 2.61. The summed E-state index contributed by atoms with van der Waals surface area (Å²) in [4.78, 5) is 23.9. The van der Waals surface area contributed by atoms with E-state index >= 15 is 0 Å². The van der Waals surface area contributed by atoms with Crippen molar-refractivity contribution in [2.75, 3.05) is 13.2 Å². The molecule has 0 fully saturated rings. The molecular formula is C20H21NO4. The second-order valence-corrected chi connectivity index (χ2v) is 6.57. The van der Waals surface area contributed by atoms with E-state index in [0.29, 0.717) is 30.1 Å². The highest BCUT2D eigenvalue weighted by Gasteiger charge is 2.25. The molecule has 5 heteroatoms. The molecule has 0 radical (unpaired) electrons. The van der Waals surface area contributed by atoms with E-state index in [-0.39, 0.29) is 11.7 Å². The van der Waals surface area contributed by atoms with Crippen LogP contribution < -0.4 is 14.8 Å². The molecular weight excluding hydrogens is 318 g/mol. The van der Waals surface area contributed by atoms with Crippen LogP contribution >= 0.6 is 0 Å². The monoisotopic (exact) mass is 339 g/mol. The molecule has 2 aromatic rings. The highest BCUT2D eigenvalue weighted by atomic mass is 16.6. The Bertz CT molecular complexity index is 809. The molecule has 0 atom stereocenters. The third-order valence-electron chi connectivity index (χ3n) is 4.24. The van der Waals surface area contributed by atoms with Crippen molar-refractivity contribution in [3.63, 3.8) is 0 Å². The van der Waals surface area contributed by atoms with Gasteiger partial charge >= 0.3 is 0 Å². The van der Waals surface area contributed by atoms with E-state index in [4.69, 9.17) is 9.47 Å². The standard InChI is InChI=1S/C20H21NO4/c1-13(22)14-4-6-15(7-5-14)19(23)21-20(2,3)16-8-9-17-18(12-16)25-11-10-24-17/h4-9,12H,10-11H2,1-3H3,(H,21,23). The number of carbonyl (C=O) groups excluding carboxylic acids is 2. The number of ether oxygens (including phenoxy) is 2. The number of carbonyl (C=O) groups is 2. The molecule has 0 saturated carbocycles. The summed E-state index contributed by atoms with van der Waals surface area (Å²) in [6.45, 7) is 6.43. The fourth-order valence-electron chi connectivity index (χ4n) is 2.72. The predicted molar refractivity (Wildman–Crippen MR) is 94.4 cm³/mol. The Labute approximate surface area is 147 Å². The largest absolute Gasteiger partial charge is 0.486 e. The summed E-state index contributed by atoms with van der Waals surface area (Å²) in [5.41, 5.74) is 1.43. The maximum atomic E-state index is 12.6. The van der Waals surface area contributed by atoms with Crippen molar-refractivity contribution >= 4 is 11.7 Å². The summed E-state index contributed by atoms with van der Waals surface area (Å²) in [7, 11) is 0. The smallest absolute Gasteiger partial charge is 0.251 e. The van der Waals surface area contributed by atoms with Crippen molar-refractivity contribution in [2.45, 2.75) is 26.3 Å². The van der Waals surface area contributed by atoms with Gasteiger partial charge in [-0.05, 0) is 50.6 Å². The minimum atomic E-state index is -0.591. The lowest BCUT2D eigenvalue weighted by molar-refractivity contribution is 0.0910. The summed E-state index contributed by atoms with van der Waals surface area (Å²) in [6.07, 6.45) is 0. The van der Waals surface area contributed by atoms with E-state index in [9.17, 15) is 9.59 Å². The van der Waals surface area contributed by atoms with Gasteiger partial charge in [0.25, 0.3) is 5.91 Å². The first kappa shape index (κ1) is 17.0. The van der Waals surface area contributed by atoms with Gasteiger partial charge in [0, 0.05) is 11.1 Å². The molecule has 25 heavy (non-hydrogen) atoms. The molecule has 130 valence electrons. The maximum absolute atomic E-state index is 12.6. The second-order valence-electron chi connectivity index (χ2n) is 6.57. The van der Waals surface area contributed by atoms with Crippen molar-refractivity contribution in [1.29, 1.82) is 0 Å². The molecule has 0 saturated heterocycles. The van der Waals surface area contributed by atoms with Crippen LogP contribution in [0.1, 0.15) is 47.1 Å². The van der Waals surface area contributed by atoms with Crippen molar-refractivity contribution in [3.8, 4) is 11.5 Å². The van der Waals surface area contributed by atoms with Gasteiger partial charge in [0.2, 0.25) is 0 Å². The zero-order chi connectivity index (χ0) is 18.0. The van der Waals surface area contributed by atoms with Gasteiger partial charge in [-0.1, -0.05) is 18.2 Å². The molecule has 1 N–H and O–H groups in total. The minimum absolute atomic E-state index is 0.0245. The fourth-order valence-corrected chi connectivity index (χ4v) is 2.72. The van der Waals surface area contributed by atoms with Crippen LogP contribution in [0, 0.1) is 0 Å². The molecule has 0 spiro atoms. The van der Waals surface area contributed by atoms with E-state index in [1.807, 2.05) is 32.0 Å². The Morgan fingerprint density at radius 3 is 2.16 bits per heavy atom. The fraction of sp³-hybridized carbons (Fsp3) is 0.300. The van der Waals surface area contributed by atoms with Crippen LogP contribution in [-0.4, -0.2) is 24.9 Å². The Morgan fingerprint density at radius 1 is 0.920 bits per heavy atom. The molecule has 1 amide bonds. The third-order valence-corrected chi connectivity index (χ3v) is 4.24. The van der Waals surface area contributed by atoms with Crippen LogP contribution in [0.4, 0.5) is 0 Å². The zero-order valence-corrected chi connectivity index (χ0v) is 14.6. The molecule has 1 aliphatic heterocycles. The molecule has 3 rings (SSSR count). The number of benzene rings is 2. The number of ketones is 1. The molecule has 5 nitrogen and oxygen atoms in total. The van der Waals surface area contributed by atoms with Gasteiger partial charge in [0.05, 0.1) is 5.54 Å². The minimum Gasteiger partial charge on any atom is -0.486 e. The SMILES string of the molecule is CC(=O)c1ccc(C(=O)NC(C)(C)c2ccc3c(c2)OCCO3)cc1. The number of Topliss-reactive ketones (excluding diaryl/α,β-unsaturated/α-hetero) is 1. The second kappa shape index (κ2) is 6.59. The van der Waals surface area contributed by atoms with E-state index in [1.54, 1.807) is 24.3 Å². The first-order valence-electron chi connectivity index (χ1n) is 8.20. The lowest BCUT2D eigenvalue weighted by atomic mass is 9.93. The summed E-state index contributed by atoms with van der Waals surface area (Å²) >= 11 is 0. The zero-order valence-electron chi connectivity index (χ0n) is 14.6. The van der Waals surface area contributed by atoms with Gasteiger partial charge in [-0.3, -0.25) is 9.59 Å². The first-order valence-corrected chi connectivity index (χ1v) is 8.20. The van der Waals surface area contributed by atoms with Crippen LogP contribution in [0.5, 0.6) is 11.5 Å². The Morgan fingerprint density at radius 2 is 1.52 bits per heavy atom. The summed E-state index contributed by atoms with van der Waals surface area (Å²) in [5.74, 6) is 1.19. The third kappa shape index (κ3) is 3.65. The average molecular weight is 339 g/mol. The van der Waals surface area contributed by atoms with Gasteiger partial charge in [-0.15, -0.1) is 0 Å². The van der Waals surface area contributed by atoms with Gasteiger partial charge in [0.1, 0.15) is 13.2 Å². The summed E-state index contributed by atoms with van der Waals surface area (Å²) in [6, 6.07) is 12.3. The topological polar surface area (TPSA) is 64.6 Å². The molecule has 0 unspecified atom stereocenters. The highest BCUT2D eigenvalue weighted by molar-refractivity contribution is 5.98. The Kier molecular flexibility index (Phi) is 4.49. The van der Waals surface area contributed by atoms with Crippen LogP contribution in [-0.2, 0) is 5.54 Å². The predicted octanol–water partition coefficient (Wildman–Crippen LogP) is 3.33. The maximum Gasteiger partial charge on any atom is 0.251 e. The molecule has 0 bridgehead atoms. The van der Waals surface area contributed by atoms with Gasteiger partial charge in [0.15, 0.2) is 17.3 Å². The van der Waals surface area contributed by atoms with Crippen LogP contribution in [0.3, 0.4) is 0 Å². The highest BCUT2D eigenvalue weighted by Crippen LogP contribution is 2.34. The molecule has 0 aromatic heterocycles. The van der Waals surface area contributed by atoms with E-state index < -0.39 is 5.54 Å². The number of rotatable bonds is 4. The number of nitrogens with one attached hydrogen (secondary N) is 1. The van der Waals surface area contributed by atoms with Crippen LogP contribution in [0.25, 0.3) is 0 Å². The molecule has 2 aromatic carbocycles. The van der Waals surface area contributed by atoms with E-state index in [0.717, 1.165) is 11.3 Å². The summed E-state index contributed by atoms with van der Waals surface area (Å²) in [5, 5.41) is 3.02. The number of amides is 1. The van der Waals surface area contributed by atoms with Crippen molar-refractivity contribution in [3.05, 3.63) is 59.2 Å². The molecule has 0 aliphatic carbocycles. The van der Waals surface area contributed by atoms with Crippen LogP contribution in [0.15, 0.2) is 42.5 Å². The molecule has 1 heterocycles. The van der Waals surface area contributed by atoms with Crippen LogP contribution in [0.2, 0.25) is 0 Å². The molecule has 1 aliphatic rings. The van der Waals surface area contributed by atoms with Gasteiger partial charge in [-0.25, -0.2) is 0 Å². The number of fused-ring (bicyclic) bond motifs is 1. The van der Waals surface area contributed by atoms with Crippen molar-refractivity contribution in [2.24, 2.45) is 0 Å². The lowest BCUT2D eigenvalue weighted by Gasteiger charge is -2.28. The van der Waals surface area contributed by atoms with Gasteiger partial charge < -0.3 is 14.8 Å². The Balaban J connectivity index is 1.78. The number of hydrogen-bond donors (Lipinski definition) is 1. The first-order chi connectivity index (χ1) is 11.9. The number of hydrogen-bond acceptors (Lipinski definition) is 4. The van der Waals surface area contributed by atoms with E-state index in [2.05, 4.69) is 5.32 Å². The normalized spacial score (nSPS) is 13.2. The quantitative estimate of drug-likeness (QED) is 0.868. The van der Waals surface area contributed by atoms with Gasteiger partial charge in [-0.2, -0.15) is 0 Å². The summed E-state index contributed by atoms with van der Waals surface area (Å²) < 4.78 is 11.1. The van der Waals surface area contributed by atoms with E-state index in [1.165, 1.54) is 6.92 Å². The van der Waals surface area contributed by atoms with Crippen molar-refractivity contribution < 1.29 is 19.1 Å². The Hall–Kier alpha value is -2.82. The van der Waals surface area contributed by atoms with Crippen molar-refractivity contribution in [1.82, 2.24) is 5.32 Å².